The smallest absolute Gasteiger partial charge is 0.116 e. The second kappa shape index (κ2) is 3.50. The molecule has 0 radical (unpaired) electrons. The summed E-state index contributed by atoms with van der Waals surface area (Å²) in [6, 6.07) is 0. The van der Waals surface area contributed by atoms with E-state index in [4.69, 9.17) is 0 Å². The van der Waals surface area contributed by atoms with Gasteiger partial charge in [0.05, 0.1) is 0 Å². The Morgan fingerprint density at radius 3 is 2.29 bits per heavy atom. The normalized spacial score (nSPS) is 39.6. The van der Waals surface area contributed by atoms with Crippen molar-refractivity contribution in [3.05, 3.63) is 0 Å². The SMILES string of the molecule is CC(CC1CC1(F)C(C)C)C1CCC1. The average molecular weight is 198 g/mol. The van der Waals surface area contributed by atoms with Gasteiger partial charge in [-0.15, -0.1) is 0 Å². The van der Waals surface area contributed by atoms with Crippen molar-refractivity contribution in [3.8, 4) is 0 Å². The average Bonchev–Trinajstić information content (AvgIpc) is 2.58. The van der Waals surface area contributed by atoms with Gasteiger partial charge < -0.3 is 0 Å². The molecule has 82 valence electrons. The number of halogens is 1. The molecule has 2 aliphatic rings. The summed E-state index contributed by atoms with van der Waals surface area (Å²) in [4.78, 5) is 0. The first-order valence-electron chi connectivity index (χ1n) is 6.23. The van der Waals surface area contributed by atoms with Gasteiger partial charge in [0.2, 0.25) is 0 Å². The third-order valence-corrected chi connectivity index (χ3v) is 4.65. The van der Waals surface area contributed by atoms with Crippen molar-refractivity contribution in [2.24, 2.45) is 23.7 Å². The molecule has 0 bridgehead atoms. The summed E-state index contributed by atoms with van der Waals surface area (Å²) in [5.74, 6) is 2.30. The number of hydrogen-bond donors (Lipinski definition) is 0. The first-order chi connectivity index (χ1) is 6.54. The molecule has 1 heteroatoms. The molecule has 0 aliphatic heterocycles. The highest BCUT2D eigenvalue weighted by Crippen LogP contribution is 2.56. The summed E-state index contributed by atoms with van der Waals surface area (Å²) in [5.41, 5.74) is -0.794. The van der Waals surface area contributed by atoms with Gasteiger partial charge in [-0.05, 0) is 36.5 Å². The topological polar surface area (TPSA) is 0 Å². The second-order valence-electron chi connectivity index (χ2n) is 5.89. The van der Waals surface area contributed by atoms with Crippen LogP contribution >= 0.6 is 0 Å². The lowest BCUT2D eigenvalue weighted by molar-refractivity contribution is 0.164. The fourth-order valence-electron chi connectivity index (χ4n) is 2.96. The van der Waals surface area contributed by atoms with Crippen molar-refractivity contribution in [2.45, 2.75) is 58.5 Å². The molecule has 0 saturated heterocycles. The Labute approximate surface area is 87.3 Å². The van der Waals surface area contributed by atoms with Gasteiger partial charge in [0, 0.05) is 0 Å². The molecule has 2 fully saturated rings. The Hall–Kier alpha value is -0.0700. The minimum Gasteiger partial charge on any atom is -0.243 e. The minimum atomic E-state index is -0.794. The highest BCUT2D eigenvalue weighted by molar-refractivity contribution is 5.06. The van der Waals surface area contributed by atoms with Crippen LogP contribution in [0.15, 0.2) is 0 Å². The quantitative estimate of drug-likeness (QED) is 0.635. The third-order valence-electron chi connectivity index (χ3n) is 4.65. The van der Waals surface area contributed by atoms with Crippen LogP contribution < -0.4 is 0 Å². The van der Waals surface area contributed by atoms with Crippen LogP contribution in [0.2, 0.25) is 0 Å². The Balaban J connectivity index is 1.77. The molecule has 2 aliphatic carbocycles. The van der Waals surface area contributed by atoms with Crippen LogP contribution in [-0.4, -0.2) is 5.67 Å². The van der Waals surface area contributed by atoms with E-state index in [0.717, 1.165) is 24.7 Å². The summed E-state index contributed by atoms with van der Waals surface area (Å²) in [6.07, 6.45) is 6.18. The summed E-state index contributed by atoms with van der Waals surface area (Å²) in [7, 11) is 0. The molecule has 2 rings (SSSR count). The number of alkyl halides is 1. The maximum Gasteiger partial charge on any atom is 0.116 e. The Morgan fingerprint density at radius 1 is 1.29 bits per heavy atom. The van der Waals surface area contributed by atoms with Gasteiger partial charge >= 0.3 is 0 Å². The molecule has 0 nitrogen and oxygen atoms in total. The summed E-state index contributed by atoms with van der Waals surface area (Å²) in [6.45, 7) is 6.37. The van der Waals surface area contributed by atoms with Gasteiger partial charge in [-0.2, -0.15) is 0 Å². The van der Waals surface area contributed by atoms with Crippen molar-refractivity contribution < 1.29 is 4.39 Å². The third kappa shape index (κ3) is 1.70. The highest BCUT2D eigenvalue weighted by Gasteiger charge is 2.57. The van der Waals surface area contributed by atoms with Gasteiger partial charge in [0.25, 0.3) is 0 Å². The monoisotopic (exact) mass is 198 g/mol. The van der Waals surface area contributed by atoms with Gasteiger partial charge in [-0.25, -0.2) is 4.39 Å². The number of rotatable bonds is 4. The predicted octanol–water partition coefficient (Wildman–Crippen LogP) is 4.20. The zero-order chi connectivity index (χ0) is 10.3. The van der Waals surface area contributed by atoms with E-state index in [0.29, 0.717) is 5.92 Å². The van der Waals surface area contributed by atoms with Crippen LogP contribution in [0, 0.1) is 23.7 Å². The molecule has 0 aromatic rings. The van der Waals surface area contributed by atoms with Gasteiger partial charge in [0.15, 0.2) is 0 Å². The molecule has 3 atom stereocenters. The van der Waals surface area contributed by atoms with Crippen LogP contribution in [0.4, 0.5) is 4.39 Å². The van der Waals surface area contributed by atoms with E-state index in [1.54, 1.807) is 0 Å². The fourth-order valence-corrected chi connectivity index (χ4v) is 2.96. The van der Waals surface area contributed by atoms with Gasteiger partial charge in [-0.1, -0.05) is 40.0 Å². The molecular weight excluding hydrogens is 175 g/mol. The van der Waals surface area contributed by atoms with E-state index in [-0.39, 0.29) is 5.92 Å². The molecule has 0 N–H and O–H groups in total. The van der Waals surface area contributed by atoms with Crippen molar-refractivity contribution in [1.29, 1.82) is 0 Å². The highest BCUT2D eigenvalue weighted by atomic mass is 19.1. The lowest BCUT2D eigenvalue weighted by Gasteiger charge is -2.31. The summed E-state index contributed by atoms with van der Waals surface area (Å²) >= 11 is 0. The summed E-state index contributed by atoms with van der Waals surface area (Å²) in [5, 5.41) is 0. The maximum absolute atomic E-state index is 14.0. The fraction of sp³-hybridized carbons (Fsp3) is 1.00. The van der Waals surface area contributed by atoms with Crippen LogP contribution in [0.5, 0.6) is 0 Å². The van der Waals surface area contributed by atoms with Crippen molar-refractivity contribution in [2.75, 3.05) is 0 Å². The largest absolute Gasteiger partial charge is 0.243 e. The first-order valence-corrected chi connectivity index (χ1v) is 6.23. The molecule has 0 spiro atoms. The molecule has 3 unspecified atom stereocenters. The molecule has 2 saturated carbocycles. The van der Waals surface area contributed by atoms with Crippen LogP contribution in [0.25, 0.3) is 0 Å². The van der Waals surface area contributed by atoms with Crippen LogP contribution in [-0.2, 0) is 0 Å². The van der Waals surface area contributed by atoms with Crippen LogP contribution in [0.1, 0.15) is 52.9 Å². The lowest BCUT2D eigenvalue weighted by atomic mass is 9.74. The number of hydrogen-bond acceptors (Lipinski definition) is 0. The van der Waals surface area contributed by atoms with Crippen molar-refractivity contribution in [1.82, 2.24) is 0 Å². The van der Waals surface area contributed by atoms with E-state index in [9.17, 15) is 4.39 Å². The summed E-state index contributed by atoms with van der Waals surface area (Å²) < 4.78 is 14.0. The standard InChI is InChI=1S/C13H23F/c1-9(2)13(14)8-12(13)7-10(3)11-5-4-6-11/h9-12H,4-8H2,1-3H3. The van der Waals surface area contributed by atoms with Gasteiger partial charge in [0.1, 0.15) is 5.67 Å². The molecule has 0 amide bonds. The van der Waals surface area contributed by atoms with Gasteiger partial charge in [-0.3, -0.25) is 0 Å². The van der Waals surface area contributed by atoms with E-state index in [1.807, 2.05) is 13.8 Å². The van der Waals surface area contributed by atoms with E-state index < -0.39 is 5.67 Å². The Bertz CT molecular complexity index is 207. The zero-order valence-corrected chi connectivity index (χ0v) is 9.72. The second-order valence-corrected chi connectivity index (χ2v) is 5.89. The molecule has 14 heavy (non-hydrogen) atoms. The predicted molar refractivity (Wildman–Crippen MR) is 57.9 cm³/mol. The Morgan fingerprint density at radius 2 is 1.93 bits per heavy atom. The van der Waals surface area contributed by atoms with E-state index in [2.05, 4.69) is 6.92 Å². The zero-order valence-electron chi connectivity index (χ0n) is 9.72. The first kappa shape index (κ1) is 10.4. The Kier molecular flexibility index (Phi) is 2.61. The maximum atomic E-state index is 14.0. The lowest BCUT2D eigenvalue weighted by Crippen LogP contribution is -2.22. The van der Waals surface area contributed by atoms with Crippen LogP contribution in [0.3, 0.4) is 0 Å². The molecule has 0 heterocycles. The van der Waals surface area contributed by atoms with E-state index >= 15 is 0 Å². The molecule has 0 aromatic heterocycles. The minimum absolute atomic E-state index is 0.223. The van der Waals surface area contributed by atoms with E-state index in [1.165, 1.54) is 19.3 Å². The van der Waals surface area contributed by atoms with Crippen molar-refractivity contribution in [3.63, 3.8) is 0 Å². The van der Waals surface area contributed by atoms with Crippen molar-refractivity contribution >= 4 is 0 Å². The molecule has 0 aromatic carbocycles. The molecular formula is C13H23F.